The maximum absolute atomic E-state index is 11.1. The van der Waals surface area contributed by atoms with E-state index in [0.29, 0.717) is 6.42 Å². The highest BCUT2D eigenvalue weighted by Gasteiger charge is 2.14. The van der Waals surface area contributed by atoms with Gasteiger partial charge in [-0.1, -0.05) is 18.2 Å². The monoisotopic (exact) mass is 261 g/mol. The van der Waals surface area contributed by atoms with E-state index < -0.39 is 0 Å². The van der Waals surface area contributed by atoms with Crippen LogP contribution in [0.3, 0.4) is 0 Å². The molecule has 0 radical (unpaired) electrons. The molecule has 0 bridgehead atoms. The van der Waals surface area contributed by atoms with E-state index in [1.165, 1.54) is 30.5 Å². The predicted octanol–water partition coefficient (Wildman–Crippen LogP) is 1.99. The van der Waals surface area contributed by atoms with Crippen LogP contribution in [0.4, 0.5) is 5.69 Å². The van der Waals surface area contributed by atoms with Gasteiger partial charge in [-0.25, -0.2) is 5.84 Å². The Labute approximate surface area is 114 Å². The molecule has 1 aromatic carbocycles. The van der Waals surface area contributed by atoms with Gasteiger partial charge in [0.25, 0.3) is 0 Å². The van der Waals surface area contributed by atoms with E-state index in [-0.39, 0.29) is 5.91 Å². The summed E-state index contributed by atoms with van der Waals surface area (Å²) in [7, 11) is 0. The van der Waals surface area contributed by atoms with E-state index in [2.05, 4.69) is 34.6 Å². The number of carbonyl (C=O) groups is 1. The van der Waals surface area contributed by atoms with Gasteiger partial charge in [-0.3, -0.25) is 10.2 Å². The number of para-hydroxylation sites is 1. The highest BCUT2D eigenvalue weighted by Crippen LogP contribution is 2.26. The summed E-state index contributed by atoms with van der Waals surface area (Å²) in [6.07, 6.45) is 6.14. The van der Waals surface area contributed by atoms with Crippen LogP contribution in [0.25, 0.3) is 0 Å². The van der Waals surface area contributed by atoms with Crippen molar-refractivity contribution >= 4 is 11.6 Å². The van der Waals surface area contributed by atoms with Crippen molar-refractivity contribution in [1.82, 2.24) is 5.43 Å². The van der Waals surface area contributed by atoms with Crippen LogP contribution in [0.15, 0.2) is 24.3 Å². The van der Waals surface area contributed by atoms with Gasteiger partial charge < -0.3 is 4.90 Å². The Kier molecular flexibility index (Phi) is 5.21. The third-order valence-corrected chi connectivity index (χ3v) is 3.70. The lowest BCUT2D eigenvalue weighted by Crippen LogP contribution is -2.30. The van der Waals surface area contributed by atoms with Crippen molar-refractivity contribution in [2.45, 2.75) is 38.5 Å². The lowest BCUT2D eigenvalue weighted by atomic mass is 10.1. The zero-order valence-corrected chi connectivity index (χ0v) is 11.4. The van der Waals surface area contributed by atoms with Gasteiger partial charge >= 0.3 is 0 Å². The maximum atomic E-state index is 11.1. The molecule has 2 rings (SSSR count). The summed E-state index contributed by atoms with van der Waals surface area (Å²) < 4.78 is 0. The van der Waals surface area contributed by atoms with E-state index >= 15 is 0 Å². The van der Waals surface area contributed by atoms with Crippen molar-refractivity contribution < 1.29 is 4.79 Å². The number of nitrogens with one attached hydrogen (secondary N) is 1. The maximum Gasteiger partial charge on any atom is 0.233 e. The lowest BCUT2D eigenvalue weighted by Gasteiger charge is -2.24. The predicted molar refractivity (Wildman–Crippen MR) is 77.8 cm³/mol. The minimum atomic E-state index is -0.0729. The average molecular weight is 261 g/mol. The van der Waals surface area contributed by atoms with Gasteiger partial charge in [-0.2, -0.15) is 0 Å². The smallest absolute Gasteiger partial charge is 0.233 e. The zero-order chi connectivity index (χ0) is 13.5. The molecule has 1 heterocycles. The van der Waals surface area contributed by atoms with Crippen molar-refractivity contribution in [2.24, 2.45) is 5.84 Å². The number of amides is 1. The van der Waals surface area contributed by atoms with Gasteiger partial charge in [0.2, 0.25) is 5.91 Å². The molecule has 0 spiro atoms. The summed E-state index contributed by atoms with van der Waals surface area (Å²) in [6, 6.07) is 8.68. The fourth-order valence-corrected chi connectivity index (χ4v) is 2.66. The van der Waals surface area contributed by atoms with Crippen LogP contribution >= 0.6 is 0 Å². The number of fused-ring (bicyclic) bond motifs is 1. The Balaban J connectivity index is 1.88. The number of nitrogens with zero attached hydrogens (tertiary/aromatic N) is 1. The van der Waals surface area contributed by atoms with E-state index in [9.17, 15) is 4.79 Å². The third kappa shape index (κ3) is 3.96. The van der Waals surface area contributed by atoms with Crippen LogP contribution in [0.1, 0.15) is 37.7 Å². The molecule has 1 aliphatic rings. The van der Waals surface area contributed by atoms with E-state index in [0.717, 1.165) is 25.9 Å². The number of rotatable bonds is 5. The standard InChI is InChI=1S/C15H23N3O/c16-17-15(19)10-4-6-12-18-11-5-3-8-13-7-1-2-9-14(13)18/h1-2,7,9H,3-6,8,10-12,16H2,(H,17,19). The Morgan fingerprint density at radius 3 is 2.95 bits per heavy atom. The van der Waals surface area contributed by atoms with E-state index in [1.54, 1.807) is 0 Å². The number of benzene rings is 1. The molecule has 1 amide bonds. The van der Waals surface area contributed by atoms with Crippen LogP contribution in [-0.2, 0) is 11.2 Å². The second kappa shape index (κ2) is 7.14. The van der Waals surface area contributed by atoms with Gasteiger partial charge in [-0.15, -0.1) is 0 Å². The molecule has 4 nitrogen and oxygen atoms in total. The molecular weight excluding hydrogens is 238 g/mol. The molecule has 19 heavy (non-hydrogen) atoms. The molecule has 0 aliphatic carbocycles. The molecule has 0 aromatic heterocycles. The van der Waals surface area contributed by atoms with Gasteiger partial charge in [-0.05, 0) is 43.7 Å². The fraction of sp³-hybridized carbons (Fsp3) is 0.533. The van der Waals surface area contributed by atoms with Crippen LogP contribution in [0, 0.1) is 0 Å². The highest BCUT2D eigenvalue weighted by molar-refractivity contribution is 5.75. The first-order valence-corrected chi connectivity index (χ1v) is 7.13. The van der Waals surface area contributed by atoms with Gasteiger partial charge in [0.05, 0.1) is 0 Å². The summed E-state index contributed by atoms with van der Waals surface area (Å²) >= 11 is 0. The SMILES string of the molecule is NNC(=O)CCCCN1CCCCc2ccccc21. The van der Waals surface area contributed by atoms with Gasteiger partial charge in [0, 0.05) is 25.2 Å². The van der Waals surface area contributed by atoms with Crippen molar-refractivity contribution in [1.29, 1.82) is 0 Å². The van der Waals surface area contributed by atoms with Crippen molar-refractivity contribution in [2.75, 3.05) is 18.0 Å². The van der Waals surface area contributed by atoms with Crippen LogP contribution in [0.2, 0.25) is 0 Å². The number of hydrogen-bond donors (Lipinski definition) is 2. The van der Waals surface area contributed by atoms with Crippen molar-refractivity contribution in [3.8, 4) is 0 Å². The average Bonchev–Trinajstić information content (AvgIpc) is 2.66. The minimum Gasteiger partial charge on any atom is -0.371 e. The summed E-state index contributed by atoms with van der Waals surface area (Å²) in [5.41, 5.74) is 5.01. The first-order valence-electron chi connectivity index (χ1n) is 7.13. The Morgan fingerprint density at radius 2 is 2.11 bits per heavy atom. The molecule has 0 fully saturated rings. The Morgan fingerprint density at radius 1 is 1.26 bits per heavy atom. The topological polar surface area (TPSA) is 58.4 Å². The molecule has 4 heteroatoms. The number of hydrogen-bond acceptors (Lipinski definition) is 3. The lowest BCUT2D eigenvalue weighted by molar-refractivity contribution is -0.121. The van der Waals surface area contributed by atoms with Crippen molar-refractivity contribution in [3.63, 3.8) is 0 Å². The molecule has 0 unspecified atom stereocenters. The number of carbonyl (C=O) groups excluding carboxylic acids is 1. The van der Waals surface area contributed by atoms with Gasteiger partial charge in [0.1, 0.15) is 0 Å². The van der Waals surface area contributed by atoms with E-state index in [1.807, 2.05) is 0 Å². The number of nitrogens with two attached hydrogens (primary N) is 1. The second-order valence-electron chi connectivity index (χ2n) is 5.10. The zero-order valence-electron chi connectivity index (χ0n) is 11.4. The molecular formula is C15H23N3O. The second-order valence-corrected chi connectivity index (χ2v) is 5.10. The molecule has 0 saturated heterocycles. The van der Waals surface area contributed by atoms with Crippen LogP contribution in [0.5, 0.6) is 0 Å². The van der Waals surface area contributed by atoms with Crippen LogP contribution < -0.4 is 16.2 Å². The first-order chi connectivity index (χ1) is 9.31. The molecule has 104 valence electrons. The molecule has 3 N–H and O–H groups in total. The normalized spacial score (nSPS) is 14.7. The summed E-state index contributed by atoms with van der Waals surface area (Å²) in [5, 5.41) is 0. The van der Waals surface area contributed by atoms with Crippen LogP contribution in [-0.4, -0.2) is 19.0 Å². The molecule has 1 aliphatic heterocycles. The third-order valence-electron chi connectivity index (χ3n) is 3.70. The minimum absolute atomic E-state index is 0.0729. The summed E-state index contributed by atoms with van der Waals surface area (Å²) in [6.45, 7) is 2.15. The highest BCUT2D eigenvalue weighted by atomic mass is 16.2. The first kappa shape index (κ1) is 13.9. The molecule has 1 aromatic rings. The van der Waals surface area contributed by atoms with Crippen molar-refractivity contribution in [3.05, 3.63) is 29.8 Å². The molecule has 0 saturated carbocycles. The fourth-order valence-electron chi connectivity index (χ4n) is 2.66. The number of unbranched alkanes of at least 4 members (excludes halogenated alkanes) is 1. The summed E-state index contributed by atoms with van der Waals surface area (Å²) in [5.74, 6) is 5.00. The largest absolute Gasteiger partial charge is 0.371 e. The number of hydrazine groups is 1. The quantitative estimate of drug-likeness (QED) is 0.369. The molecule has 0 atom stereocenters. The number of anilines is 1. The van der Waals surface area contributed by atoms with Gasteiger partial charge in [0.15, 0.2) is 0 Å². The van der Waals surface area contributed by atoms with E-state index in [4.69, 9.17) is 5.84 Å². The Hall–Kier alpha value is -1.55. The summed E-state index contributed by atoms with van der Waals surface area (Å²) in [4.78, 5) is 13.5. The Bertz CT molecular complexity index is 420. The number of aryl methyl sites for hydroxylation is 1.